The number of rotatable bonds is 2. The lowest BCUT2D eigenvalue weighted by Gasteiger charge is -2.34. The van der Waals surface area contributed by atoms with Crippen LogP contribution >= 0.6 is 0 Å². The Morgan fingerprint density at radius 2 is 2.06 bits per heavy atom. The fourth-order valence-corrected chi connectivity index (χ4v) is 2.41. The monoisotopic (exact) mass is 251 g/mol. The molecule has 1 aromatic heterocycles. The van der Waals surface area contributed by atoms with Crippen LogP contribution in [0.2, 0.25) is 0 Å². The van der Waals surface area contributed by atoms with Gasteiger partial charge in [0.1, 0.15) is 5.69 Å². The zero-order valence-corrected chi connectivity index (χ0v) is 11.2. The number of hydrogen-bond acceptors (Lipinski definition) is 2. The van der Waals surface area contributed by atoms with Crippen molar-refractivity contribution in [3.63, 3.8) is 0 Å². The average molecular weight is 251 g/mol. The van der Waals surface area contributed by atoms with E-state index < -0.39 is 0 Å². The molecular weight excluding hydrogens is 230 g/mol. The van der Waals surface area contributed by atoms with Gasteiger partial charge in [0.15, 0.2) is 0 Å². The minimum absolute atomic E-state index is 0.183. The van der Waals surface area contributed by atoms with E-state index in [1.807, 2.05) is 0 Å². The second kappa shape index (κ2) is 4.63. The molecule has 18 heavy (non-hydrogen) atoms. The van der Waals surface area contributed by atoms with E-state index in [1.54, 1.807) is 7.05 Å². The second-order valence-electron chi connectivity index (χ2n) is 6.00. The summed E-state index contributed by atoms with van der Waals surface area (Å²) >= 11 is 0. The number of nitrogens with zero attached hydrogens (tertiary/aromatic N) is 1. The fraction of sp³-hybridized carbons (Fsp3) is 0.692. The minimum Gasteiger partial charge on any atom is -0.348 e. The molecule has 1 saturated carbocycles. The lowest BCUT2D eigenvalue weighted by molar-refractivity contribution is 0.0904. The van der Waals surface area contributed by atoms with Crippen molar-refractivity contribution >= 4 is 5.91 Å². The summed E-state index contributed by atoms with van der Waals surface area (Å²) in [6.45, 7) is 4.53. The molecule has 1 aliphatic rings. The summed E-state index contributed by atoms with van der Waals surface area (Å²) in [6.07, 6.45) is 5.81. The second-order valence-corrected chi connectivity index (χ2v) is 6.00. The van der Waals surface area contributed by atoms with Crippen molar-refractivity contribution in [2.24, 2.45) is 12.5 Å². The highest BCUT2D eigenvalue weighted by atomic mass is 16.2. The summed E-state index contributed by atoms with van der Waals surface area (Å²) in [6, 6.07) is 0.231. The number of hydrogen-bond donors (Lipinski definition) is 2. The number of imidazole rings is 1. The first-order valence-electron chi connectivity index (χ1n) is 6.44. The molecule has 0 bridgehead atoms. The van der Waals surface area contributed by atoms with Crippen molar-refractivity contribution in [1.82, 2.24) is 14.9 Å². The molecular formula is C13H21N3O2. The van der Waals surface area contributed by atoms with Gasteiger partial charge < -0.3 is 14.9 Å². The van der Waals surface area contributed by atoms with Crippen LogP contribution in [-0.4, -0.2) is 21.5 Å². The van der Waals surface area contributed by atoms with Crippen molar-refractivity contribution < 1.29 is 4.79 Å². The summed E-state index contributed by atoms with van der Waals surface area (Å²) in [7, 11) is 1.62. The lowest BCUT2D eigenvalue weighted by Crippen LogP contribution is -2.39. The Kier molecular flexibility index (Phi) is 3.32. The molecule has 0 aromatic carbocycles. The Morgan fingerprint density at radius 3 is 2.56 bits per heavy atom. The highest BCUT2D eigenvalue weighted by molar-refractivity contribution is 5.92. The van der Waals surface area contributed by atoms with Crippen molar-refractivity contribution in [2.75, 3.05) is 0 Å². The van der Waals surface area contributed by atoms with Gasteiger partial charge in [0.05, 0.1) is 0 Å². The largest absolute Gasteiger partial charge is 0.348 e. The van der Waals surface area contributed by atoms with Crippen LogP contribution in [0.25, 0.3) is 0 Å². The highest BCUT2D eigenvalue weighted by Crippen LogP contribution is 2.34. The van der Waals surface area contributed by atoms with E-state index in [2.05, 4.69) is 24.1 Å². The first-order valence-corrected chi connectivity index (χ1v) is 6.44. The summed E-state index contributed by atoms with van der Waals surface area (Å²) < 4.78 is 1.37. The molecule has 2 rings (SSSR count). The number of nitrogens with one attached hydrogen (secondary N) is 2. The molecule has 0 aliphatic heterocycles. The number of aromatic nitrogens is 2. The minimum atomic E-state index is -0.259. The van der Waals surface area contributed by atoms with Crippen LogP contribution in [0.1, 0.15) is 50.0 Å². The molecule has 2 N–H and O–H groups in total. The smallest absolute Gasteiger partial charge is 0.325 e. The molecule has 0 radical (unpaired) electrons. The Bertz CT molecular complexity index is 489. The molecule has 0 atom stereocenters. The topological polar surface area (TPSA) is 66.9 Å². The maximum atomic E-state index is 11.9. The van der Waals surface area contributed by atoms with Crippen LogP contribution in [-0.2, 0) is 7.05 Å². The Labute approximate surface area is 107 Å². The van der Waals surface area contributed by atoms with Crippen LogP contribution in [0.4, 0.5) is 0 Å². The highest BCUT2D eigenvalue weighted by Gasteiger charge is 2.27. The molecule has 100 valence electrons. The maximum absolute atomic E-state index is 11.9. The first kappa shape index (κ1) is 12.9. The predicted molar refractivity (Wildman–Crippen MR) is 69.5 cm³/mol. The number of H-pyrrole nitrogens is 1. The van der Waals surface area contributed by atoms with Gasteiger partial charge in [-0.15, -0.1) is 0 Å². The summed E-state index contributed by atoms with van der Waals surface area (Å²) in [5, 5.41) is 2.99. The summed E-state index contributed by atoms with van der Waals surface area (Å²) in [4.78, 5) is 25.7. The molecule has 1 amide bonds. The van der Waals surface area contributed by atoms with E-state index in [0.717, 1.165) is 25.7 Å². The third-order valence-electron chi connectivity index (χ3n) is 3.80. The van der Waals surface area contributed by atoms with Crippen molar-refractivity contribution in [3.05, 3.63) is 22.4 Å². The van der Waals surface area contributed by atoms with E-state index in [1.165, 1.54) is 10.8 Å². The summed E-state index contributed by atoms with van der Waals surface area (Å²) in [5.41, 5.74) is 0.472. The van der Waals surface area contributed by atoms with Crippen molar-refractivity contribution in [1.29, 1.82) is 0 Å². The van der Waals surface area contributed by atoms with Gasteiger partial charge in [-0.1, -0.05) is 13.8 Å². The van der Waals surface area contributed by atoms with Crippen LogP contribution in [0.5, 0.6) is 0 Å². The molecule has 5 nitrogen and oxygen atoms in total. The molecule has 1 heterocycles. The average Bonchev–Trinajstić information content (AvgIpc) is 2.62. The SMILES string of the molecule is Cn1cc(C(=O)NC2CCC(C)(C)CC2)[nH]c1=O. The van der Waals surface area contributed by atoms with Gasteiger partial charge in [-0.3, -0.25) is 4.79 Å². The van der Waals surface area contributed by atoms with Gasteiger partial charge in [-0.2, -0.15) is 0 Å². The molecule has 0 unspecified atom stereocenters. The van der Waals surface area contributed by atoms with Crippen molar-refractivity contribution in [2.45, 2.75) is 45.6 Å². The summed E-state index contributed by atoms with van der Waals surface area (Å²) in [5.74, 6) is -0.183. The Morgan fingerprint density at radius 1 is 1.44 bits per heavy atom. The number of aromatic amines is 1. The zero-order chi connectivity index (χ0) is 13.3. The van der Waals surface area contributed by atoms with Crippen LogP contribution in [0, 0.1) is 5.41 Å². The maximum Gasteiger partial charge on any atom is 0.325 e. The van der Waals surface area contributed by atoms with E-state index in [4.69, 9.17) is 0 Å². The van der Waals surface area contributed by atoms with Gasteiger partial charge in [-0.05, 0) is 31.1 Å². The molecule has 0 saturated heterocycles. The van der Waals surface area contributed by atoms with Crippen LogP contribution in [0.15, 0.2) is 11.0 Å². The van der Waals surface area contributed by atoms with Gasteiger partial charge in [0.25, 0.3) is 5.91 Å². The van der Waals surface area contributed by atoms with E-state index in [-0.39, 0.29) is 17.6 Å². The van der Waals surface area contributed by atoms with Crippen LogP contribution in [0.3, 0.4) is 0 Å². The quantitative estimate of drug-likeness (QED) is 0.834. The molecule has 5 heteroatoms. The zero-order valence-electron chi connectivity index (χ0n) is 11.2. The van der Waals surface area contributed by atoms with Crippen LogP contribution < -0.4 is 11.0 Å². The molecule has 0 spiro atoms. The third-order valence-corrected chi connectivity index (χ3v) is 3.80. The number of amides is 1. The molecule has 1 aliphatic carbocycles. The standard InChI is InChI=1S/C13H21N3O2/c1-13(2)6-4-9(5-7-13)14-11(17)10-8-16(3)12(18)15-10/h8-9H,4-7H2,1-3H3,(H,14,17)(H,15,18). The lowest BCUT2D eigenvalue weighted by atomic mass is 9.75. The number of aryl methyl sites for hydroxylation is 1. The molecule has 1 fully saturated rings. The van der Waals surface area contributed by atoms with Gasteiger partial charge in [-0.25, -0.2) is 4.79 Å². The fourth-order valence-electron chi connectivity index (χ4n) is 2.41. The Hall–Kier alpha value is -1.52. The predicted octanol–water partition coefficient (Wildman–Crippen LogP) is 1.41. The third kappa shape index (κ3) is 2.83. The van der Waals surface area contributed by atoms with Gasteiger partial charge in [0, 0.05) is 19.3 Å². The van der Waals surface area contributed by atoms with Crippen molar-refractivity contribution in [3.8, 4) is 0 Å². The van der Waals surface area contributed by atoms with Gasteiger partial charge in [0.2, 0.25) is 0 Å². The van der Waals surface area contributed by atoms with E-state index in [9.17, 15) is 9.59 Å². The normalized spacial score (nSPS) is 19.7. The van der Waals surface area contributed by atoms with E-state index >= 15 is 0 Å². The van der Waals surface area contributed by atoms with E-state index in [0.29, 0.717) is 11.1 Å². The Balaban J connectivity index is 1.94. The van der Waals surface area contributed by atoms with Gasteiger partial charge >= 0.3 is 5.69 Å². The first-order chi connectivity index (χ1) is 8.37. The molecule has 1 aromatic rings. The number of carbonyl (C=O) groups is 1. The number of carbonyl (C=O) groups excluding carboxylic acids is 1.